The highest BCUT2D eigenvalue weighted by molar-refractivity contribution is 7.15. The van der Waals surface area contributed by atoms with E-state index in [2.05, 4.69) is 23.7 Å². The predicted octanol–water partition coefficient (Wildman–Crippen LogP) is 2.23. The van der Waals surface area contributed by atoms with Crippen LogP contribution in [-0.2, 0) is 0 Å². The second-order valence-electron chi connectivity index (χ2n) is 4.87. The smallest absolute Gasteiger partial charge is 0.185 e. The molecule has 1 aromatic heterocycles. The Morgan fingerprint density at radius 3 is 2.80 bits per heavy atom. The van der Waals surface area contributed by atoms with Crippen LogP contribution in [0.2, 0.25) is 0 Å². The van der Waals surface area contributed by atoms with Crippen molar-refractivity contribution in [1.82, 2.24) is 4.98 Å². The van der Waals surface area contributed by atoms with Gasteiger partial charge in [-0.1, -0.05) is 13.8 Å². The maximum Gasteiger partial charge on any atom is 0.185 e. The van der Waals surface area contributed by atoms with E-state index < -0.39 is 5.60 Å². The van der Waals surface area contributed by atoms with Gasteiger partial charge in [0.25, 0.3) is 0 Å². The molecule has 84 valence electrons. The van der Waals surface area contributed by atoms with E-state index in [1.165, 1.54) is 4.88 Å². The molecule has 1 unspecified atom stereocenters. The summed E-state index contributed by atoms with van der Waals surface area (Å²) in [5.74, 6) is 0.541. The minimum absolute atomic E-state index is 0.538. The van der Waals surface area contributed by atoms with Crippen LogP contribution >= 0.6 is 11.3 Å². The van der Waals surface area contributed by atoms with Crippen molar-refractivity contribution >= 4 is 16.5 Å². The predicted molar refractivity (Wildman–Crippen MR) is 63.7 cm³/mol. The first-order valence-electron chi connectivity index (χ1n) is 5.41. The molecule has 1 aliphatic heterocycles. The molecule has 1 atom stereocenters. The number of aromatic nitrogens is 1. The fraction of sp³-hybridized carbons (Fsp3) is 0.727. The van der Waals surface area contributed by atoms with Gasteiger partial charge in [-0.15, -0.1) is 11.3 Å². The highest BCUT2D eigenvalue weighted by Gasteiger charge is 2.32. The van der Waals surface area contributed by atoms with Crippen molar-refractivity contribution in [1.29, 1.82) is 0 Å². The van der Waals surface area contributed by atoms with E-state index in [1.807, 2.05) is 13.1 Å². The van der Waals surface area contributed by atoms with Gasteiger partial charge in [-0.25, -0.2) is 4.98 Å². The van der Waals surface area contributed by atoms with Crippen LogP contribution in [0.4, 0.5) is 5.13 Å². The Hall–Kier alpha value is -0.610. The Kier molecular flexibility index (Phi) is 2.73. The lowest BCUT2D eigenvalue weighted by atomic mass is 10.1. The Morgan fingerprint density at radius 2 is 2.33 bits per heavy atom. The van der Waals surface area contributed by atoms with Gasteiger partial charge in [-0.3, -0.25) is 0 Å². The number of nitrogens with zero attached hydrogens (tertiary/aromatic N) is 2. The molecular formula is C11H18N2OS. The van der Waals surface area contributed by atoms with Crippen LogP contribution in [0, 0.1) is 0 Å². The summed E-state index contributed by atoms with van der Waals surface area (Å²) >= 11 is 1.74. The molecule has 1 aromatic rings. The lowest BCUT2D eigenvalue weighted by molar-refractivity contribution is 0.0839. The van der Waals surface area contributed by atoms with Crippen molar-refractivity contribution in [3.05, 3.63) is 11.1 Å². The van der Waals surface area contributed by atoms with E-state index in [4.69, 9.17) is 0 Å². The second-order valence-corrected chi connectivity index (χ2v) is 5.91. The van der Waals surface area contributed by atoms with Crippen molar-refractivity contribution in [3.63, 3.8) is 0 Å². The maximum absolute atomic E-state index is 9.88. The fourth-order valence-electron chi connectivity index (χ4n) is 1.80. The van der Waals surface area contributed by atoms with E-state index in [0.717, 1.165) is 18.1 Å². The summed E-state index contributed by atoms with van der Waals surface area (Å²) in [4.78, 5) is 7.91. The molecule has 1 aliphatic rings. The van der Waals surface area contributed by atoms with E-state index in [-0.39, 0.29) is 0 Å². The van der Waals surface area contributed by atoms with Crippen molar-refractivity contribution in [2.75, 3.05) is 18.0 Å². The Balaban J connectivity index is 2.11. The van der Waals surface area contributed by atoms with E-state index >= 15 is 0 Å². The van der Waals surface area contributed by atoms with E-state index in [9.17, 15) is 5.11 Å². The van der Waals surface area contributed by atoms with Gasteiger partial charge in [0.2, 0.25) is 0 Å². The number of hydrogen-bond donors (Lipinski definition) is 1. The average molecular weight is 226 g/mol. The summed E-state index contributed by atoms with van der Waals surface area (Å²) in [7, 11) is 0. The van der Waals surface area contributed by atoms with Crippen LogP contribution in [0.3, 0.4) is 0 Å². The normalized spacial score (nSPS) is 26.6. The maximum atomic E-state index is 9.88. The zero-order valence-electron chi connectivity index (χ0n) is 9.53. The minimum atomic E-state index is -0.538. The lowest BCUT2D eigenvalue weighted by Crippen LogP contribution is -2.29. The largest absolute Gasteiger partial charge is 0.388 e. The van der Waals surface area contributed by atoms with Crippen molar-refractivity contribution in [3.8, 4) is 0 Å². The van der Waals surface area contributed by atoms with Crippen LogP contribution in [0.1, 0.15) is 38.0 Å². The monoisotopic (exact) mass is 226 g/mol. The second kappa shape index (κ2) is 3.76. The number of aliphatic hydroxyl groups is 1. The number of anilines is 1. The molecule has 1 fully saturated rings. The number of thiazole rings is 1. The van der Waals surface area contributed by atoms with Crippen molar-refractivity contribution in [2.45, 2.75) is 38.7 Å². The van der Waals surface area contributed by atoms with Gasteiger partial charge >= 0.3 is 0 Å². The van der Waals surface area contributed by atoms with Crippen LogP contribution in [0.5, 0.6) is 0 Å². The summed E-state index contributed by atoms with van der Waals surface area (Å²) in [6.45, 7) is 7.87. The van der Waals surface area contributed by atoms with Gasteiger partial charge in [0.05, 0.1) is 5.60 Å². The van der Waals surface area contributed by atoms with Gasteiger partial charge in [0, 0.05) is 24.2 Å². The third kappa shape index (κ3) is 2.32. The van der Waals surface area contributed by atoms with Crippen LogP contribution in [0.25, 0.3) is 0 Å². The Morgan fingerprint density at radius 1 is 1.60 bits per heavy atom. The highest BCUT2D eigenvalue weighted by atomic mass is 32.1. The van der Waals surface area contributed by atoms with Gasteiger partial charge in [0.15, 0.2) is 5.13 Å². The first-order chi connectivity index (χ1) is 6.98. The standard InChI is InChI=1S/C11H18N2OS/c1-8(2)9-6-12-10(15-9)13-5-4-11(3,14)7-13/h6,8,14H,4-5,7H2,1-3H3. The molecule has 0 spiro atoms. The molecule has 2 rings (SSSR count). The summed E-state index contributed by atoms with van der Waals surface area (Å²) in [6.07, 6.45) is 2.79. The Bertz CT molecular complexity index is 346. The number of hydrogen-bond acceptors (Lipinski definition) is 4. The molecule has 4 heteroatoms. The van der Waals surface area contributed by atoms with Crippen molar-refractivity contribution < 1.29 is 5.11 Å². The summed E-state index contributed by atoms with van der Waals surface area (Å²) in [5, 5.41) is 10.9. The van der Waals surface area contributed by atoms with Gasteiger partial charge in [-0.2, -0.15) is 0 Å². The summed E-state index contributed by atoms with van der Waals surface area (Å²) < 4.78 is 0. The zero-order valence-corrected chi connectivity index (χ0v) is 10.3. The van der Waals surface area contributed by atoms with Gasteiger partial charge < -0.3 is 10.0 Å². The number of rotatable bonds is 2. The molecule has 0 aliphatic carbocycles. The fourth-order valence-corrected chi connectivity index (χ4v) is 2.74. The molecule has 1 N–H and O–H groups in total. The molecule has 2 heterocycles. The van der Waals surface area contributed by atoms with Crippen LogP contribution < -0.4 is 4.90 Å². The number of β-amino-alcohol motifs (C(OH)–C–C–N with tert-alkyl or cyclic N) is 1. The Labute approximate surface area is 94.8 Å². The molecule has 15 heavy (non-hydrogen) atoms. The molecule has 1 saturated heterocycles. The topological polar surface area (TPSA) is 36.4 Å². The molecule has 0 saturated carbocycles. The van der Waals surface area contributed by atoms with Crippen LogP contribution in [0.15, 0.2) is 6.20 Å². The van der Waals surface area contributed by atoms with Gasteiger partial charge in [-0.05, 0) is 19.3 Å². The highest BCUT2D eigenvalue weighted by Crippen LogP contribution is 2.32. The molecular weight excluding hydrogens is 208 g/mol. The first kappa shape index (κ1) is 10.9. The van der Waals surface area contributed by atoms with Crippen molar-refractivity contribution in [2.24, 2.45) is 0 Å². The quantitative estimate of drug-likeness (QED) is 0.840. The zero-order chi connectivity index (χ0) is 11.1. The molecule has 0 bridgehead atoms. The third-order valence-corrected chi connectivity index (χ3v) is 4.16. The van der Waals surface area contributed by atoms with Crippen LogP contribution in [-0.4, -0.2) is 28.8 Å². The van der Waals surface area contributed by atoms with E-state index in [1.54, 1.807) is 11.3 Å². The molecule has 3 nitrogen and oxygen atoms in total. The lowest BCUT2D eigenvalue weighted by Gasteiger charge is -2.17. The summed E-state index contributed by atoms with van der Waals surface area (Å²) in [5.41, 5.74) is -0.538. The first-order valence-corrected chi connectivity index (χ1v) is 6.23. The molecule has 0 aromatic carbocycles. The summed E-state index contributed by atoms with van der Waals surface area (Å²) in [6, 6.07) is 0. The van der Waals surface area contributed by atoms with E-state index in [0.29, 0.717) is 12.5 Å². The van der Waals surface area contributed by atoms with Gasteiger partial charge in [0.1, 0.15) is 0 Å². The minimum Gasteiger partial charge on any atom is -0.388 e. The SMILES string of the molecule is CC(C)c1cnc(N2CCC(C)(O)C2)s1. The molecule has 0 radical (unpaired) electrons. The third-order valence-electron chi connectivity index (χ3n) is 2.80. The molecule has 0 amide bonds. The average Bonchev–Trinajstić information content (AvgIpc) is 2.70.